The number of hydrogen-bond donors (Lipinski definition) is 2. The fraction of sp³-hybridized carbons (Fsp3) is 1.00. The third kappa shape index (κ3) is 1.95. The lowest BCUT2D eigenvalue weighted by Gasteiger charge is -2.26. The van der Waals surface area contributed by atoms with Crippen LogP contribution in [0.4, 0.5) is 0 Å². The number of rotatable bonds is 5. The van der Waals surface area contributed by atoms with E-state index in [9.17, 15) is 5.11 Å². The van der Waals surface area contributed by atoms with E-state index in [2.05, 4.69) is 12.6 Å². The first-order valence-electron chi connectivity index (χ1n) is 5.74. The third-order valence-electron chi connectivity index (χ3n) is 3.75. The fourth-order valence-electron chi connectivity index (χ4n) is 3.02. The molecule has 2 heterocycles. The molecule has 4 unspecified atom stereocenters. The second-order valence-electron chi connectivity index (χ2n) is 4.52. The number of hydrogen-bond acceptors (Lipinski definition) is 3. The Kier molecular flexibility index (Phi) is 3.74. The molecule has 0 aliphatic carbocycles. The minimum atomic E-state index is 0.312. The average molecular weight is 216 g/mol. The van der Waals surface area contributed by atoms with Crippen molar-refractivity contribution in [3.05, 3.63) is 0 Å². The summed E-state index contributed by atoms with van der Waals surface area (Å²) in [6.07, 6.45) is 6.84. The van der Waals surface area contributed by atoms with Crippen LogP contribution in [0.1, 0.15) is 32.1 Å². The highest BCUT2D eigenvalue weighted by molar-refractivity contribution is 7.80. The number of aliphatic hydroxyl groups excluding tert-OH is 1. The molecule has 2 bridgehead atoms. The van der Waals surface area contributed by atoms with Gasteiger partial charge in [0, 0.05) is 12.5 Å². The Balaban J connectivity index is 1.84. The van der Waals surface area contributed by atoms with Crippen LogP contribution in [-0.2, 0) is 4.74 Å². The van der Waals surface area contributed by atoms with Gasteiger partial charge in [0.05, 0.1) is 12.2 Å². The monoisotopic (exact) mass is 216 g/mol. The van der Waals surface area contributed by atoms with E-state index in [-0.39, 0.29) is 0 Å². The van der Waals surface area contributed by atoms with Crippen LogP contribution < -0.4 is 0 Å². The Morgan fingerprint density at radius 3 is 2.50 bits per heavy atom. The minimum Gasteiger partial charge on any atom is -0.396 e. The Morgan fingerprint density at radius 1 is 1.14 bits per heavy atom. The molecule has 14 heavy (non-hydrogen) atoms. The molecule has 2 fully saturated rings. The molecule has 3 heteroatoms. The van der Waals surface area contributed by atoms with Crippen LogP contribution >= 0.6 is 12.6 Å². The molecule has 0 aromatic carbocycles. The van der Waals surface area contributed by atoms with Crippen LogP contribution in [0.3, 0.4) is 0 Å². The molecule has 2 nitrogen and oxygen atoms in total. The first kappa shape index (κ1) is 10.8. The fourth-order valence-corrected chi connectivity index (χ4v) is 3.24. The van der Waals surface area contributed by atoms with Crippen molar-refractivity contribution in [1.82, 2.24) is 0 Å². The van der Waals surface area contributed by atoms with Gasteiger partial charge in [-0.3, -0.25) is 0 Å². The van der Waals surface area contributed by atoms with Crippen LogP contribution in [0.15, 0.2) is 0 Å². The van der Waals surface area contributed by atoms with E-state index in [1.807, 2.05) is 0 Å². The maximum atomic E-state index is 9.32. The van der Waals surface area contributed by atoms with Crippen molar-refractivity contribution in [3.8, 4) is 0 Å². The zero-order valence-corrected chi connectivity index (χ0v) is 9.46. The molecule has 2 aliphatic rings. The Labute approximate surface area is 91.4 Å². The molecular formula is C11H20O2S. The Bertz CT molecular complexity index is 186. The molecule has 4 atom stereocenters. The number of ether oxygens (including phenoxy) is 1. The van der Waals surface area contributed by atoms with Crippen LogP contribution in [-0.4, -0.2) is 29.7 Å². The van der Waals surface area contributed by atoms with Gasteiger partial charge in [-0.05, 0) is 37.4 Å². The predicted octanol–water partition coefficient (Wildman–Crippen LogP) is 1.87. The summed E-state index contributed by atoms with van der Waals surface area (Å²) in [7, 11) is 0. The molecule has 2 rings (SSSR count). The van der Waals surface area contributed by atoms with Crippen molar-refractivity contribution >= 4 is 12.6 Å². The van der Waals surface area contributed by atoms with E-state index in [1.165, 1.54) is 32.1 Å². The second-order valence-corrected chi connectivity index (χ2v) is 4.97. The highest BCUT2D eigenvalue weighted by Gasteiger charge is 2.47. The maximum absolute atomic E-state index is 9.32. The van der Waals surface area contributed by atoms with Crippen molar-refractivity contribution in [2.75, 3.05) is 12.4 Å². The molecule has 0 amide bonds. The standard InChI is InChI=1S/C11H20O2S/c12-7-9-8(3-1-2-6-14)10-4-5-11(9)13-10/h8-12,14H,1-7H2. The van der Waals surface area contributed by atoms with Gasteiger partial charge >= 0.3 is 0 Å². The van der Waals surface area contributed by atoms with Crippen LogP contribution in [0, 0.1) is 11.8 Å². The number of fused-ring (bicyclic) bond motifs is 2. The summed E-state index contributed by atoms with van der Waals surface area (Å²) in [5.74, 6) is 2.03. The van der Waals surface area contributed by atoms with E-state index in [1.54, 1.807) is 0 Å². The number of unbranched alkanes of at least 4 members (excludes halogenated alkanes) is 1. The lowest BCUT2D eigenvalue weighted by Crippen LogP contribution is -2.29. The molecule has 82 valence electrons. The van der Waals surface area contributed by atoms with Gasteiger partial charge in [0.1, 0.15) is 0 Å². The summed E-state index contributed by atoms with van der Waals surface area (Å²) in [5, 5.41) is 9.32. The van der Waals surface area contributed by atoms with Crippen molar-refractivity contribution < 1.29 is 9.84 Å². The zero-order chi connectivity index (χ0) is 9.97. The van der Waals surface area contributed by atoms with Crippen LogP contribution in [0.5, 0.6) is 0 Å². The lowest BCUT2D eigenvalue weighted by atomic mass is 9.77. The summed E-state index contributed by atoms with van der Waals surface area (Å²) in [6, 6.07) is 0. The quantitative estimate of drug-likeness (QED) is 0.543. The van der Waals surface area contributed by atoms with Gasteiger partial charge in [-0.25, -0.2) is 0 Å². The highest BCUT2D eigenvalue weighted by Crippen LogP contribution is 2.45. The van der Waals surface area contributed by atoms with Gasteiger partial charge in [-0.1, -0.05) is 6.42 Å². The largest absolute Gasteiger partial charge is 0.396 e. The van der Waals surface area contributed by atoms with Gasteiger partial charge in [-0.15, -0.1) is 0 Å². The summed E-state index contributed by atoms with van der Waals surface area (Å²) >= 11 is 4.22. The van der Waals surface area contributed by atoms with Crippen molar-refractivity contribution in [2.24, 2.45) is 11.8 Å². The smallest absolute Gasteiger partial charge is 0.0633 e. The van der Waals surface area contributed by atoms with E-state index in [4.69, 9.17) is 4.74 Å². The van der Waals surface area contributed by atoms with E-state index >= 15 is 0 Å². The number of aliphatic hydroxyl groups is 1. The molecular weight excluding hydrogens is 196 g/mol. The SMILES string of the molecule is OCC1C2CCC(O2)C1CCCCS. The predicted molar refractivity (Wildman–Crippen MR) is 59.7 cm³/mol. The molecule has 2 saturated heterocycles. The van der Waals surface area contributed by atoms with Crippen LogP contribution in [0.25, 0.3) is 0 Å². The third-order valence-corrected chi connectivity index (χ3v) is 4.06. The first-order chi connectivity index (χ1) is 6.86. The Morgan fingerprint density at radius 2 is 1.86 bits per heavy atom. The summed E-state index contributed by atoms with van der Waals surface area (Å²) in [4.78, 5) is 0. The normalized spacial score (nSPS) is 40.7. The second kappa shape index (κ2) is 4.86. The molecule has 0 saturated carbocycles. The van der Waals surface area contributed by atoms with E-state index in [0.29, 0.717) is 30.7 Å². The molecule has 0 aromatic heterocycles. The van der Waals surface area contributed by atoms with Gasteiger partial charge in [0.2, 0.25) is 0 Å². The number of thiol groups is 1. The topological polar surface area (TPSA) is 29.5 Å². The van der Waals surface area contributed by atoms with Gasteiger partial charge < -0.3 is 9.84 Å². The first-order valence-corrected chi connectivity index (χ1v) is 6.37. The molecule has 0 spiro atoms. The van der Waals surface area contributed by atoms with Crippen molar-refractivity contribution in [1.29, 1.82) is 0 Å². The van der Waals surface area contributed by atoms with Gasteiger partial charge in [0.25, 0.3) is 0 Å². The van der Waals surface area contributed by atoms with E-state index in [0.717, 1.165) is 5.75 Å². The van der Waals surface area contributed by atoms with Crippen molar-refractivity contribution in [3.63, 3.8) is 0 Å². The summed E-state index contributed by atoms with van der Waals surface area (Å²) in [6.45, 7) is 0.312. The molecule has 0 aromatic rings. The molecule has 2 aliphatic heterocycles. The zero-order valence-electron chi connectivity index (χ0n) is 8.56. The summed E-state index contributed by atoms with van der Waals surface area (Å²) < 4.78 is 5.84. The lowest BCUT2D eigenvalue weighted by molar-refractivity contribution is 0.0785. The highest BCUT2D eigenvalue weighted by atomic mass is 32.1. The van der Waals surface area contributed by atoms with Crippen molar-refractivity contribution in [2.45, 2.75) is 44.3 Å². The molecule has 1 N–H and O–H groups in total. The average Bonchev–Trinajstić information content (AvgIpc) is 2.78. The van der Waals surface area contributed by atoms with Gasteiger partial charge in [-0.2, -0.15) is 12.6 Å². The van der Waals surface area contributed by atoms with Gasteiger partial charge in [0.15, 0.2) is 0 Å². The Hall–Kier alpha value is 0.270. The molecule has 0 radical (unpaired) electrons. The van der Waals surface area contributed by atoms with E-state index < -0.39 is 0 Å². The van der Waals surface area contributed by atoms with Crippen LogP contribution in [0.2, 0.25) is 0 Å². The minimum absolute atomic E-state index is 0.312. The summed E-state index contributed by atoms with van der Waals surface area (Å²) in [5.41, 5.74) is 0. The maximum Gasteiger partial charge on any atom is 0.0633 e.